The SMILES string of the molecule is CCCCN(CCCC)c1ccc(C2(O)CCN(CCCC(=O)c3ccc(F)cc3)CC2)cc1. The number of hydrogen-bond acceptors (Lipinski definition) is 4. The van der Waals surface area contributed by atoms with E-state index >= 15 is 0 Å². The number of aliphatic hydroxyl groups is 1. The van der Waals surface area contributed by atoms with E-state index in [1.165, 1.54) is 43.5 Å². The molecule has 0 aromatic heterocycles. The second-order valence-electron chi connectivity index (χ2n) is 9.65. The van der Waals surface area contributed by atoms with Crippen molar-refractivity contribution < 1.29 is 14.3 Å². The predicted octanol–water partition coefficient (Wildman–Crippen LogP) is 6.18. The standard InChI is InChI=1S/C29H41FN2O2/c1-3-5-20-32(21-6-4-2)27-15-11-25(12-16-27)29(34)17-22-31(23-18-29)19-7-8-28(33)24-9-13-26(30)14-10-24/h9-16,34H,3-8,17-23H2,1-2H3. The number of nitrogens with zero attached hydrogens (tertiary/aromatic N) is 2. The van der Waals surface area contributed by atoms with Gasteiger partial charge >= 0.3 is 0 Å². The number of carbonyl (C=O) groups is 1. The number of ketones is 1. The Labute approximate surface area is 204 Å². The molecule has 0 atom stereocenters. The molecule has 0 unspecified atom stereocenters. The van der Waals surface area contributed by atoms with Crippen LogP contribution in [0, 0.1) is 5.82 Å². The third-order valence-electron chi connectivity index (χ3n) is 7.06. The molecule has 5 heteroatoms. The Hall–Kier alpha value is -2.24. The lowest BCUT2D eigenvalue weighted by molar-refractivity contribution is -0.0260. The molecular weight excluding hydrogens is 427 g/mol. The zero-order valence-electron chi connectivity index (χ0n) is 20.9. The van der Waals surface area contributed by atoms with E-state index in [1.807, 2.05) is 0 Å². The van der Waals surface area contributed by atoms with E-state index in [0.717, 1.165) is 44.7 Å². The summed E-state index contributed by atoms with van der Waals surface area (Å²) in [6.07, 6.45) is 7.41. The molecule has 1 saturated heterocycles. The van der Waals surface area contributed by atoms with Crippen molar-refractivity contribution >= 4 is 11.5 Å². The van der Waals surface area contributed by atoms with Crippen LogP contribution < -0.4 is 4.90 Å². The van der Waals surface area contributed by atoms with Gasteiger partial charge in [0.25, 0.3) is 0 Å². The zero-order valence-corrected chi connectivity index (χ0v) is 20.9. The summed E-state index contributed by atoms with van der Waals surface area (Å²) in [5, 5.41) is 11.3. The Morgan fingerprint density at radius 2 is 1.53 bits per heavy atom. The van der Waals surface area contributed by atoms with Gasteiger partial charge in [0, 0.05) is 43.9 Å². The number of rotatable bonds is 13. The van der Waals surface area contributed by atoms with Gasteiger partial charge in [-0.05, 0) is 80.6 Å². The summed E-state index contributed by atoms with van der Waals surface area (Å²) < 4.78 is 13.0. The number of anilines is 1. The number of piperidine rings is 1. The summed E-state index contributed by atoms with van der Waals surface area (Å²) in [5.74, 6) is -0.266. The molecule has 34 heavy (non-hydrogen) atoms. The van der Waals surface area contributed by atoms with Gasteiger partial charge in [-0.25, -0.2) is 4.39 Å². The Kier molecular flexibility index (Phi) is 10.1. The first kappa shape index (κ1) is 26.4. The van der Waals surface area contributed by atoms with Crippen molar-refractivity contribution in [2.75, 3.05) is 37.6 Å². The molecule has 1 aliphatic rings. The molecular formula is C29H41FN2O2. The van der Waals surface area contributed by atoms with Crippen LogP contribution in [0.25, 0.3) is 0 Å². The monoisotopic (exact) mass is 468 g/mol. The van der Waals surface area contributed by atoms with Crippen molar-refractivity contribution in [3.8, 4) is 0 Å². The van der Waals surface area contributed by atoms with Crippen molar-refractivity contribution in [2.45, 2.75) is 70.8 Å². The van der Waals surface area contributed by atoms with Crippen LogP contribution in [-0.4, -0.2) is 48.5 Å². The highest BCUT2D eigenvalue weighted by Crippen LogP contribution is 2.34. The number of Topliss-reactive ketones (excluding diaryl/α,β-unsaturated/α-hetero) is 1. The van der Waals surface area contributed by atoms with Crippen LogP contribution >= 0.6 is 0 Å². The molecule has 0 aliphatic carbocycles. The van der Waals surface area contributed by atoms with E-state index in [-0.39, 0.29) is 11.6 Å². The molecule has 4 nitrogen and oxygen atoms in total. The number of benzene rings is 2. The average Bonchev–Trinajstić information content (AvgIpc) is 2.86. The average molecular weight is 469 g/mol. The maximum atomic E-state index is 13.0. The summed E-state index contributed by atoms with van der Waals surface area (Å²) in [5.41, 5.74) is 2.04. The van der Waals surface area contributed by atoms with Crippen LogP contribution in [0.3, 0.4) is 0 Å². The number of carbonyl (C=O) groups excluding carboxylic acids is 1. The summed E-state index contributed by atoms with van der Waals surface area (Å²) in [6, 6.07) is 14.3. The van der Waals surface area contributed by atoms with Gasteiger partial charge in [0.15, 0.2) is 5.78 Å². The van der Waals surface area contributed by atoms with Crippen LogP contribution in [-0.2, 0) is 5.60 Å². The van der Waals surface area contributed by atoms with Gasteiger partial charge in [0.2, 0.25) is 0 Å². The van der Waals surface area contributed by atoms with Gasteiger partial charge in [-0.2, -0.15) is 0 Å². The molecule has 2 aromatic rings. The van der Waals surface area contributed by atoms with Crippen LogP contribution in [0.4, 0.5) is 10.1 Å². The highest BCUT2D eigenvalue weighted by molar-refractivity contribution is 5.95. The van der Waals surface area contributed by atoms with Crippen molar-refractivity contribution in [3.05, 3.63) is 65.5 Å². The fraction of sp³-hybridized carbons (Fsp3) is 0.552. The first-order chi connectivity index (χ1) is 16.4. The first-order valence-electron chi connectivity index (χ1n) is 13.0. The van der Waals surface area contributed by atoms with Gasteiger partial charge < -0.3 is 14.9 Å². The third-order valence-corrected chi connectivity index (χ3v) is 7.06. The minimum atomic E-state index is -0.781. The van der Waals surface area contributed by atoms with E-state index in [2.05, 4.69) is 47.9 Å². The molecule has 0 amide bonds. The van der Waals surface area contributed by atoms with E-state index in [0.29, 0.717) is 24.8 Å². The smallest absolute Gasteiger partial charge is 0.162 e. The van der Waals surface area contributed by atoms with E-state index in [4.69, 9.17) is 0 Å². The summed E-state index contributed by atoms with van der Waals surface area (Å²) in [7, 11) is 0. The number of halogens is 1. The lowest BCUT2D eigenvalue weighted by atomic mass is 9.84. The van der Waals surface area contributed by atoms with Crippen LogP contribution in [0.5, 0.6) is 0 Å². The first-order valence-corrected chi connectivity index (χ1v) is 13.0. The second kappa shape index (κ2) is 13.0. The molecule has 1 heterocycles. The number of hydrogen-bond donors (Lipinski definition) is 1. The summed E-state index contributed by atoms with van der Waals surface area (Å²) in [4.78, 5) is 17.1. The molecule has 1 aliphatic heterocycles. The van der Waals surface area contributed by atoms with E-state index in [1.54, 1.807) is 12.1 Å². The molecule has 0 radical (unpaired) electrons. The lowest BCUT2D eigenvalue weighted by Crippen LogP contribution is -2.43. The fourth-order valence-electron chi connectivity index (χ4n) is 4.73. The van der Waals surface area contributed by atoms with Crippen molar-refractivity contribution in [1.29, 1.82) is 0 Å². The Bertz CT molecular complexity index is 866. The normalized spacial score (nSPS) is 15.9. The maximum absolute atomic E-state index is 13.0. The van der Waals surface area contributed by atoms with Crippen molar-refractivity contribution in [3.63, 3.8) is 0 Å². The summed E-state index contributed by atoms with van der Waals surface area (Å²) in [6.45, 7) is 9.10. The van der Waals surface area contributed by atoms with Gasteiger partial charge in [0.05, 0.1) is 5.60 Å². The van der Waals surface area contributed by atoms with Gasteiger partial charge in [0.1, 0.15) is 5.82 Å². The lowest BCUT2D eigenvalue weighted by Gasteiger charge is -2.38. The molecule has 3 rings (SSSR count). The molecule has 1 N–H and O–H groups in total. The van der Waals surface area contributed by atoms with Crippen LogP contribution in [0.1, 0.15) is 81.1 Å². The third kappa shape index (κ3) is 7.38. The molecule has 1 fully saturated rings. The highest BCUT2D eigenvalue weighted by Gasteiger charge is 2.33. The Balaban J connectivity index is 1.48. The topological polar surface area (TPSA) is 43.8 Å². The van der Waals surface area contributed by atoms with E-state index < -0.39 is 5.60 Å². The maximum Gasteiger partial charge on any atom is 0.162 e. The minimum absolute atomic E-state index is 0.0560. The second-order valence-corrected chi connectivity index (χ2v) is 9.65. The Morgan fingerprint density at radius 1 is 0.941 bits per heavy atom. The Morgan fingerprint density at radius 3 is 2.09 bits per heavy atom. The van der Waals surface area contributed by atoms with Gasteiger partial charge in [-0.1, -0.05) is 38.8 Å². The van der Waals surface area contributed by atoms with Gasteiger partial charge in [-0.15, -0.1) is 0 Å². The molecule has 0 spiro atoms. The van der Waals surface area contributed by atoms with Crippen LogP contribution in [0.15, 0.2) is 48.5 Å². The quantitative estimate of drug-likeness (QED) is 0.357. The molecule has 0 saturated carbocycles. The van der Waals surface area contributed by atoms with Crippen molar-refractivity contribution in [1.82, 2.24) is 4.90 Å². The van der Waals surface area contributed by atoms with E-state index in [9.17, 15) is 14.3 Å². The molecule has 186 valence electrons. The number of likely N-dealkylation sites (tertiary alicyclic amines) is 1. The largest absolute Gasteiger partial charge is 0.385 e. The zero-order chi connectivity index (χ0) is 24.4. The fourth-order valence-corrected chi connectivity index (χ4v) is 4.73. The van der Waals surface area contributed by atoms with Gasteiger partial charge in [-0.3, -0.25) is 4.79 Å². The molecule has 0 bridgehead atoms. The highest BCUT2D eigenvalue weighted by atomic mass is 19.1. The summed E-state index contributed by atoms with van der Waals surface area (Å²) >= 11 is 0. The van der Waals surface area contributed by atoms with Crippen molar-refractivity contribution in [2.24, 2.45) is 0 Å². The molecule has 2 aromatic carbocycles. The predicted molar refractivity (Wildman–Crippen MR) is 138 cm³/mol. The minimum Gasteiger partial charge on any atom is -0.385 e. The van der Waals surface area contributed by atoms with Crippen LogP contribution in [0.2, 0.25) is 0 Å². The number of unbranched alkanes of at least 4 members (excludes halogenated alkanes) is 2.